The molecule has 0 radical (unpaired) electrons. The van der Waals surface area contributed by atoms with Gasteiger partial charge in [-0.05, 0) is 18.6 Å². The van der Waals surface area contributed by atoms with Crippen LogP contribution in [0, 0.1) is 6.92 Å². The number of aryl methyl sites for hydroxylation is 1. The molecule has 0 unspecified atom stereocenters. The summed E-state index contributed by atoms with van der Waals surface area (Å²) in [6.07, 6.45) is -0.281. The molecule has 0 aromatic heterocycles. The van der Waals surface area contributed by atoms with E-state index in [1.165, 1.54) is 0 Å². The first-order chi connectivity index (χ1) is 13.5. The monoisotopic (exact) mass is 371 g/mol. The van der Waals surface area contributed by atoms with Gasteiger partial charge in [0.25, 0.3) is 5.91 Å². The minimum atomic E-state index is -1.85. The fraction of sp³-hybridized carbons (Fsp3) is 0.167. The van der Waals surface area contributed by atoms with Gasteiger partial charge in [-0.15, -0.1) is 0 Å². The van der Waals surface area contributed by atoms with Crippen LogP contribution in [0.5, 0.6) is 0 Å². The van der Waals surface area contributed by atoms with Gasteiger partial charge in [-0.1, -0.05) is 78.4 Å². The van der Waals surface area contributed by atoms with Crippen molar-refractivity contribution >= 4 is 17.4 Å². The first-order valence-corrected chi connectivity index (χ1v) is 9.27. The lowest BCUT2D eigenvalue weighted by Crippen LogP contribution is -2.41. The molecule has 4 nitrogen and oxygen atoms in total. The summed E-state index contributed by atoms with van der Waals surface area (Å²) in [6, 6.07) is 23.9. The van der Waals surface area contributed by atoms with Crippen LogP contribution < -0.4 is 4.90 Å². The Morgan fingerprint density at radius 3 is 2.29 bits per heavy atom. The Morgan fingerprint density at radius 2 is 1.57 bits per heavy atom. The Kier molecular flexibility index (Phi) is 4.57. The molecule has 0 bridgehead atoms. The molecule has 0 spiro atoms. The van der Waals surface area contributed by atoms with E-state index in [-0.39, 0.29) is 12.2 Å². The summed E-state index contributed by atoms with van der Waals surface area (Å²) >= 11 is 0. The number of ketones is 1. The SMILES string of the molecule is Cc1ccc(C(=O)C[C@@]2(O)C(=O)N(Cc3ccccc3)c3ccccc32)cc1. The molecule has 0 fully saturated rings. The van der Waals surface area contributed by atoms with Crippen molar-refractivity contribution in [1.82, 2.24) is 0 Å². The molecule has 1 amide bonds. The standard InChI is InChI=1S/C24H21NO3/c1-17-11-13-19(14-12-17)22(26)15-24(28)20-9-5-6-10-21(20)25(23(24)27)16-18-7-3-2-4-8-18/h2-14,28H,15-16H2,1H3/t24-/m0/s1. The molecule has 1 atom stereocenters. The predicted molar refractivity (Wildman–Crippen MR) is 108 cm³/mol. The number of nitrogens with zero attached hydrogens (tertiary/aromatic N) is 1. The smallest absolute Gasteiger partial charge is 0.264 e. The Bertz CT molecular complexity index is 1030. The summed E-state index contributed by atoms with van der Waals surface area (Å²) in [4.78, 5) is 27.6. The van der Waals surface area contributed by atoms with Crippen LogP contribution in [0.1, 0.15) is 33.5 Å². The summed E-state index contributed by atoms with van der Waals surface area (Å²) in [5.41, 5.74) is 1.77. The second-order valence-corrected chi connectivity index (χ2v) is 7.22. The maximum Gasteiger partial charge on any atom is 0.264 e. The highest BCUT2D eigenvalue weighted by Gasteiger charge is 2.50. The third-order valence-corrected chi connectivity index (χ3v) is 5.21. The molecule has 0 saturated heterocycles. The van der Waals surface area contributed by atoms with Crippen molar-refractivity contribution < 1.29 is 14.7 Å². The Labute approximate surface area is 164 Å². The lowest BCUT2D eigenvalue weighted by molar-refractivity contribution is -0.136. The number of carbonyl (C=O) groups is 2. The molecule has 1 heterocycles. The molecule has 1 aliphatic rings. The van der Waals surface area contributed by atoms with Crippen molar-refractivity contribution in [2.45, 2.75) is 25.5 Å². The van der Waals surface area contributed by atoms with Crippen LogP contribution in [0.3, 0.4) is 0 Å². The fourth-order valence-electron chi connectivity index (χ4n) is 3.67. The third-order valence-electron chi connectivity index (χ3n) is 5.21. The normalized spacial score (nSPS) is 18.2. The second-order valence-electron chi connectivity index (χ2n) is 7.22. The summed E-state index contributed by atoms with van der Waals surface area (Å²) in [6.45, 7) is 2.29. The highest BCUT2D eigenvalue weighted by atomic mass is 16.3. The molecule has 0 saturated carbocycles. The van der Waals surface area contributed by atoms with Crippen molar-refractivity contribution in [2.75, 3.05) is 4.90 Å². The van der Waals surface area contributed by atoms with E-state index < -0.39 is 11.5 Å². The van der Waals surface area contributed by atoms with Crippen molar-refractivity contribution in [3.8, 4) is 0 Å². The van der Waals surface area contributed by atoms with Crippen LogP contribution in [0.2, 0.25) is 0 Å². The lowest BCUT2D eigenvalue weighted by atomic mass is 9.88. The first kappa shape index (κ1) is 18.1. The molecule has 3 aromatic rings. The van der Waals surface area contributed by atoms with Gasteiger partial charge in [0.15, 0.2) is 11.4 Å². The van der Waals surface area contributed by atoms with Crippen LogP contribution in [0.15, 0.2) is 78.9 Å². The zero-order valence-electron chi connectivity index (χ0n) is 15.6. The maximum atomic E-state index is 13.2. The van der Waals surface area contributed by atoms with Crippen LogP contribution in [0.25, 0.3) is 0 Å². The third kappa shape index (κ3) is 3.12. The maximum absolute atomic E-state index is 13.2. The minimum absolute atomic E-state index is 0.257. The Morgan fingerprint density at radius 1 is 0.929 bits per heavy atom. The average Bonchev–Trinajstić information content (AvgIpc) is 2.91. The first-order valence-electron chi connectivity index (χ1n) is 9.27. The Balaban J connectivity index is 1.67. The minimum Gasteiger partial charge on any atom is -0.375 e. The fourth-order valence-corrected chi connectivity index (χ4v) is 3.67. The number of rotatable bonds is 5. The molecule has 4 rings (SSSR count). The summed E-state index contributed by atoms with van der Waals surface area (Å²) < 4.78 is 0. The number of anilines is 1. The van der Waals surface area contributed by atoms with Gasteiger partial charge in [-0.3, -0.25) is 9.59 Å². The van der Waals surface area contributed by atoms with E-state index in [0.29, 0.717) is 23.4 Å². The number of carbonyl (C=O) groups excluding carboxylic acids is 2. The molecule has 0 aliphatic carbocycles. The van der Waals surface area contributed by atoms with Gasteiger partial charge in [0.05, 0.1) is 18.7 Å². The van der Waals surface area contributed by atoms with Crippen molar-refractivity contribution in [1.29, 1.82) is 0 Å². The van der Waals surface area contributed by atoms with Gasteiger partial charge in [-0.2, -0.15) is 0 Å². The number of hydrogen-bond donors (Lipinski definition) is 1. The van der Waals surface area contributed by atoms with Crippen molar-refractivity contribution in [3.63, 3.8) is 0 Å². The molecule has 140 valence electrons. The summed E-state index contributed by atoms with van der Waals surface area (Å²) in [5.74, 6) is -0.717. The number of Topliss-reactive ketones (excluding diaryl/α,β-unsaturated/α-hetero) is 1. The number of aliphatic hydroxyl groups is 1. The van der Waals surface area contributed by atoms with Crippen LogP contribution in [-0.4, -0.2) is 16.8 Å². The van der Waals surface area contributed by atoms with Gasteiger partial charge < -0.3 is 10.0 Å². The number of amides is 1. The van der Waals surface area contributed by atoms with E-state index in [0.717, 1.165) is 11.1 Å². The molecule has 28 heavy (non-hydrogen) atoms. The topological polar surface area (TPSA) is 57.6 Å². The van der Waals surface area contributed by atoms with Gasteiger partial charge in [-0.25, -0.2) is 0 Å². The number of fused-ring (bicyclic) bond motifs is 1. The van der Waals surface area contributed by atoms with Gasteiger partial charge >= 0.3 is 0 Å². The summed E-state index contributed by atoms with van der Waals surface area (Å²) in [7, 11) is 0. The second kappa shape index (κ2) is 7.06. The number of benzene rings is 3. The molecule has 1 N–H and O–H groups in total. The predicted octanol–water partition coefficient (Wildman–Crippen LogP) is 4.00. The van der Waals surface area contributed by atoms with Crippen molar-refractivity contribution in [3.05, 3.63) is 101 Å². The molecule has 4 heteroatoms. The van der Waals surface area contributed by atoms with Gasteiger partial charge in [0, 0.05) is 11.1 Å². The van der Waals surface area contributed by atoms with Crippen molar-refractivity contribution in [2.24, 2.45) is 0 Å². The van der Waals surface area contributed by atoms with E-state index in [2.05, 4.69) is 0 Å². The molecule has 3 aromatic carbocycles. The molecule has 1 aliphatic heterocycles. The van der Waals surface area contributed by atoms with E-state index in [1.807, 2.05) is 61.5 Å². The van der Waals surface area contributed by atoms with E-state index in [1.54, 1.807) is 29.2 Å². The van der Waals surface area contributed by atoms with Gasteiger partial charge in [0.1, 0.15) is 0 Å². The van der Waals surface area contributed by atoms with E-state index in [9.17, 15) is 14.7 Å². The number of hydrogen-bond acceptors (Lipinski definition) is 3. The van der Waals surface area contributed by atoms with Crippen LogP contribution >= 0.6 is 0 Å². The quantitative estimate of drug-likeness (QED) is 0.690. The van der Waals surface area contributed by atoms with Crippen LogP contribution in [-0.2, 0) is 16.9 Å². The highest BCUT2D eigenvalue weighted by Crippen LogP contribution is 2.43. The number of para-hydroxylation sites is 1. The average molecular weight is 371 g/mol. The van der Waals surface area contributed by atoms with Crippen LogP contribution in [0.4, 0.5) is 5.69 Å². The Hall–Kier alpha value is -3.24. The highest BCUT2D eigenvalue weighted by molar-refractivity contribution is 6.10. The molecular weight excluding hydrogens is 350 g/mol. The lowest BCUT2D eigenvalue weighted by Gasteiger charge is -2.23. The zero-order valence-corrected chi connectivity index (χ0v) is 15.6. The molecular formula is C24H21NO3. The van der Waals surface area contributed by atoms with Gasteiger partial charge in [0.2, 0.25) is 0 Å². The zero-order chi connectivity index (χ0) is 19.7. The van der Waals surface area contributed by atoms with E-state index in [4.69, 9.17) is 0 Å². The largest absolute Gasteiger partial charge is 0.375 e. The summed E-state index contributed by atoms with van der Waals surface area (Å²) in [5, 5.41) is 11.3. The van der Waals surface area contributed by atoms with E-state index >= 15 is 0 Å².